The zero-order valence-electron chi connectivity index (χ0n) is 9.65. The van der Waals surface area contributed by atoms with Crippen LogP contribution in [0.15, 0.2) is 0 Å². The van der Waals surface area contributed by atoms with Crippen molar-refractivity contribution in [1.82, 2.24) is 0 Å². The summed E-state index contributed by atoms with van der Waals surface area (Å²) in [6.45, 7) is 8.98. The van der Waals surface area contributed by atoms with Crippen LogP contribution < -0.4 is 0 Å². The second kappa shape index (κ2) is 7.67. The predicted molar refractivity (Wildman–Crippen MR) is 62.4 cm³/mol. The van der Waals surface area contributed by atoms with Crippen LogP contribution in [0.1, 0.15) is 59.8 Å². The molecule has 0 saturated heterocycles. The Hall–Kier alpha value is 0.290. The van der Waals surface area contributed by atoms with E-state index >= 15 is 0 Å². The van der Waals surface area contributed by atoms with Crippen molar-refractivity contribution < 1.29 is 0 Å². The van der Waals surface area contributed by atoms with E-state index in [1.54, 1.807) is 0 Å². The van der Waals surface area contributed by atoms with Gasteiger partial charge < -0.3 is 0 Å². The quantitative estimate of drug-likeness (QED) is 0.411. The number of hydrogen-bond acceptors (Lipinski definition) is 0. The fourth-order valence-electron chi connectivity index (χ4n) is 1.40. The van der Waals surface area contributed by atoms with Gasteiger partial charge in [0, 0.05) is 5.38 Å². The fourth-order valence-corrected chi connectivity index (χ4v) is 1.56. The molecular weight excluding hydrogens is 180 g/mol. The molecule has 0 radical (unpaired) electrons. The Morgan fingerprint density at radius 1 is 0.846 bits per heavy atom. The van der Waals surface area contributed by atoms with Crippen molar-refractivity contribution in [2.75, 3.05) is 0 Å². The Morgan fingerprint density at radius 3 is 1.85 bits per heavy atom. The molecule has 0 heterocycles. The van der Waals surface area contributed by atoms with Gasteiger partial charge in [-0.15, -0.1) is 11.6 Å². The van der Waals surface area contributed by atoms with Crippen molar-refractivity contribution in [2.45, 2.75) is 65.2 Å². The van der Waals surface area contributed by atoms with Gasteiger partial charge in [0.1, 0.15) is 0 Å². The Balaban J connectivity index is 3.16. The lowest BCUT2D eigenvalue weighted by atomic mass is 10.0. The van der Waals surface area contributed by atoms with Crippen molar-refractivity contribution in [3.63, 3.8) is 0 Å². The summed E-state index contributed by atoms with van der Waals surface area (Å²) in [4.78, 5) is 0. The van der Waals surface area contributed by atoms with E-state index in [9.17, 15) is 0 Å². The number of alkyl halides is 1. The first-order chi connectivity index (χ1) is 6.04. The third kappa shape index (κ3) is 8.62. The van der Waals surface area contributed by atoms with Gasteiger partial charge in [0.2, 0.25) is 0 Å². The number of rotatable bonds is 7. The highest BCUT2D eigenvalue weighted by Crippen LogP contribution is 2.18. The average molecular weight is 205 g/mol. The summed E-state index contributed by atoms with van der Waals surface area (Å²) in [5.41, 5.74) is 0. The topological polar surface area (TPSA) is 0 Å². The molecule has 0 N–H and O–H groups in total. The second-order valence-electron chi connectivity index (χ2n) is 4.79. The van der Waals surface area contributed by atoms with E-state index in [0.717, 1.165) is 5.92 Å². The summed E-state index contributed by atoms with van der Waals surface area (Å²) in [5.74, 6) is 1.49. The molecule has 1 atom stereocenters. The smallest absolute Gasteiger partial charge is 0.0359 e. The molecule has 0 rings (SSSR count). The molecule has 0 bridgehead atoms. The predicted octanol–water partition coefficient (Wildman–Crippen LogP) is 4.86. The molecule has 1 heteroatoms. The molecule has 0 fully saturated rings. The van der Waals surface area contributed by atoms with Gasteiger partial charge in [-0.3, -0.25) is 0 Å². The summed E-state index contributed by atoms with van der Waals surface area (Å²) in [5, 5.41) is 0.388. The lowest BCUT2D eigenvalue weighted by molar-refractivity contribution is 0.492. The Morgan fingerprint density at radius 2 is 1.38 bits per heavy atom. The van der Waals surface area contributed by atoms with Crippen LogP contribution in [0.2, 0.25) is 0 Å². The van der Waals surface area contributed by atoms with Crippen LogP contribution in [0.5, 0.6) is 0 Å². The van der Waals surface area contributed by atoms with Crippen LogP contribution in [-0.2, 0) is 0 Å². The van der Waals surface area contributed by atoms with Gasteiger partial charge in [-0.1, -0.05) is 53.4 Å². The van der Waals surface area contributed by atoms with E-state index in [1.807, 2.05) is 0 Å². The molecule has 13 heavy (non-hydrogen) atoms. The van der Waals surface area contributed by atoms with E-state index in [0.29, 0.717) is 11.3 Å². The van der Waals surface area contributed by atoms with Crippen molar-refractivity contribution in [3.8, 4) is 0 Å². The number of unbranched alkanes of at least 4 members (excludes halogenated alkanes) is 2. The Kier molecular flexibility index (Phi) is 7.84. The van der Waals surface area contributed by atoms with Gasteiger partial charge in [-0.25, -0.2) is 0 Å². The maximum absolute atomic E-state index is 6.16. The highest BCUT2D eigenvalue weighted by atomic mass is 35.5. The summed E-state index contributed by atoms with van der Waals surface area (Å²) >= 11 is 6.16. The molecule has 1 unspecified atom stereocenters. The van der Waals surface area contributed by atoms with E-state index in [2.05, 4.69) is 27.7 Å². The fraction of sp³-hybridized carbons (Fsp3) is 1.00. The van der Waals surface area contributed by atoms with Gasteiger partial charge in [0.15, 0.2) is 0 Å². The molecule has 0 spiro atoms. The van der Waals surface area contributed by atoms with Gasteiger partial charge in [-0.2, -0.15) is 0 Å². The van der Waals surface area contributed by atoms with E-state index in [-0.39, 0.29) is 0 Å². The minimum absolute atomic E-state index is 0.388. The van der Waals surface area contributed by atoms with Crippen molar-refractivity contribution in [1.29, 1.82) is 0 Å². The highest BCUT2D eigenvalue weighted by Gasteiger charge is 2.08. The first-order valence-corrected chi connectivity index (χ1v) is 6.11. The normalized spacial score (nSPS) is 14.1. The molecular formula is C12H25Cl. The second-order valence-corrected chi connectivity index (χ2v) is 5.35. The van der Waals surface area contributed by atoms with Crippen LogP contribution in [0.3, 0.4) is 0 Å². The van der Waals surface area contributed by atoms with Crippen LogP contribution in [-0.4, -0.2) is 5.38 Å². The molecule has 0 aromatic carbocycles. The van der Waals surface area contributed by atoms with Crippen molar-refractivity contribution >= 4 is 11.6 Å². The molecule has 0 saturated carbocycles. The SMILES string of the molecule is CC(C)CCCCCC(Cl)C(C)C. The maximum atomic E-state index is 6.16. The molecule has 0 aromatic heterocycles. The van der Waals surface area contributed by atoms with Crippen molar-refractivity contribution in [2.24, 2.45) is 11.8 Å². The zero-order chi connectivity index (χ0) is 10.3. The summed E-state index contributed by atoms with van der Waals surface area (Å²) in [6, 6.07) is 0. The van der Waals surface area contributed by atoms with Crippen molar-refractivity contribution in [3.05, 3.63) is 0 Å². The first-order valence-electron chi connectivity index (χ1n) is 5.68. The monoisotopic (exact) mass is 204 g/mol. The molecule has 0 aliphatic rings. The zero-order valence-corrected chi connectivity index (χ0v) is 10.4. The van der Waals surface area contributed by atoms with Crippen LogP contribution in [0.25, 0.3) is 0 Å². The number of hydrogen-bond donors (Lipinski definition) is 0. The standard InChI is InChI=1S/C12H25Cl/c1-10(2)8-6-5-7-9-12(13)11(3)4/h10-12H,5-9H2,1-4H3. The van der Waals surface area contributed by atoms with Crippen LogP contribution >= 0.6 is 11.6 Å². The Bertz CT molecular complexity index is 108. The molecule has 0 nitrogen and oxygen atoms in total. The van der Waals surface area contributed by atoms with Gasteiger partial charge in [0.25, 0.3) is 0 Å². The summed E-state index contributed by atoms with van der Waals surface area (Å²) in [7, 11) is 0. The molecule has 0 aromatic rings. The summed E-state index contributed by atoms with van der Waals surface area (Å²) < 4.78 is 0. The van der Waals surface area contributed by atoms with Gasteiger partial charge >= 0.3 is 0 Å². The minimum atomic E-state index is 0.388. The molecule has 80 valence electrons. The molecule has 0 aliphatic carbocycles. The average Bonchev–Trinajstić information content (AvgIpc) is 2.02. The lowest BCUT2D eigenvalue weighted by Crippen LogP contribution is -2.07. The van der Waals surface area contributed by atoms with E-state index < -0.39 is 0 Å². The van der Waals surface area contributed by atoms with Crippen LogP contribution in [0.4, 0.5) is 0 Å². The third-order valence-corrected chi connectivity index (χ3v) is 3.21. The van der Waals surface area contributed by atoms with E-state index in [4.69, 9.17) is 11.6 Å². The maximum Gasteiger partial charge on any atom is 0.0359 e. The Labute approximate surface area is 89.1 Å². The summed E-state index contributed by atoms with van der Waals surface area (Å²) in [6.07, 6.45) is 6.60. The van der Waals surface area contributed by atoms with E-state index in [1.165, 1.54) is 32.1 Å². The van der Waals surface area contributed by atoms with Crippen LogP contribution in [0, 0.1) is 11.8 Å². The molecule has 0 amide bonds. The number of halogens is 1. The highest BCUT2D eigenvalue weighted by molar-refractivity contribution is 6.20. The first kappa shape index (κ1) is 13.3. The minimum Gasteiger partial charge on any atom is -0.123 e. The molecule has 0 aliphatic heterocycles. The van der Waals surface area contributed by atoms with Gasteiger partial charge in [-0.05, 0) is 18.3 Å². The third-order valence-electron chi connectivity index (χ3n) is 2.48. The largest absolute Gasteiger partial charge is 0.123 e. The van der Waals surface area contributed by atoms with Gasteiger partial charge in [0.05, 0.1) is 0 Å². The lowest BCUT2D eigenvalue weighted by Gasteiger charge is -2.12.